The minimum atomic E-state index is -1.11. The summed E-state index contributed by atoms with van der Waals surface area (Å²) < 4.78 is 18.7. The van der Waals surface area contributed by atoms with Crippen LogP contribution in [-0.2, 0) is 0 Å². The van der Waals surface area contributed by atoms with Crippen molar-refractivity contribution in [2.24, 2.45) is 0 Å². The van der Waals surface area contributed by atoms with E-state index in [0.717, 1.165) is 0 Å². The normalized spacial score (nSPS) is 11.9. The van der Waals surface area contributed by atoms with Gasteiger partial charge in [-0.2, -0.15) is 0 Å². The molecule has 0 bridgehead atoms. The SMILES string of the molecule is O=[N+]([O-])c1ccc(OCC(O)c2ccccc2F)cc1. The molecule has 1 atom stereocenters. The van der Waals surface area contributed by atoms with E-state index in [9.17, 15) is 19.6 Å². The highest BCUT2D eigenvalue weighted by Crippen LogP contribution is 2.21. The van der Waals surface area contributed by atoms with Crippen molar-refractivity contribution in [3.05, 3.63) is 70.0 Å². The first-order valence-corrected chi connectivity index (χ1v) is 5.87. The lowest BCUT2D eigenvalue weighted by molar-refractivity contribution is -0.384. The highest BCUT2D eigenvalue weighted by atomic mass is 19.1. The van der Waals surface area contributed by atoms with E-state index >= 15 is 0 Å². The molecule has 0 aromatic heterocycles. The van der Waals surface area contributed by atoms with E-state index in [1.165, 1.54) is 42.5 Å². The van der Waals surface area contributed by atoms with Crippen molar-refractivity contribution in [1.82, 2.24) is 0 Å². The third-order valence-electron chi connectivity index (χ3n) is 2.72. The Morgan fingerprint density at radius 3 is 2.45 bits per heavy atom. The molecule has 104 valence electrons. The molecule has 0 fully saturated rings. The third kappa shape index (κ3) is 3.30. The fraction of sp³-hybridized carbons (Fsp3) is 0.143. The Labute approximate surface area is 114 Å². The zero-order valence-electron chi connectivity index (χ0n) is 10.4. The van der Waals surface area contributed by atoms with Gasteiger partial charge in [0, 0.05) is 17.7 Å². The monoisotopic (exact) mass is 277 g/mol. The van der Waals surface area contributed by atoms with Gasteiger partial charge in [-0.25, -0.2) is 4.39 Å². The molecule has 2 aromatic carbocycles. The van der Waals surface area contributed by atoms with E-state index in [2.05, 4.69) is 0 Å². The lowest BCUT2D eigenvalue weighted by Gasteiger charge is -2.13. The number of ether oxygens (including phenoxy) is 1. The molecule has 0 aliphatic heterocycles. The van der Waals surface area contributed by atoms with Crippen molar-refractivity contribution >= 4 is 5.69 Å². The highest BCUT2D eigenvalue weighted by Gasteiger charge is 2.13. The van der Waals surface area contributed by atoms with Gasteiger partial charge in [-0.1, -0.05) is 18.2 Å². The Kier molecular flexibility index (Phi) is 4.27. The predicted octanol–water partition coefficient (Wildman–Crippen LogP) is 2.85. The second-order valence-corrected chi connectivity index (χ2v) is 4.10. The summed E-state index contributed by atoms with van der Waals surface area (Å²) in [5, 5.41) is 20.3. The van der Waals surface area contributed by atoms with Crippen LogP contribution in [0.25, 0.3) is 0 Å². The van der Waals surface area contributed by atoms with Crippen molar-refractivity contribution in [2.75, 3.05) is 6.61 Å². The molecule has 0 saturated heterocycles. The Morgan fingerprint density at radius 1 is 1.20 bits per heavy atom. The maximum Gasteiger partial charge on any atom is 0.269 e. The van der Waals surface area contributed by atoms with E-state index in [0.29, 0.717) is 5.75 Å². The number of hydrogen-bond acceptors (Lipinski definition) is 4. The lowest BCUT2D eigenvalue weighted by atomic mass is 10.1. The number of hydrogen-bond donors (Lipinski definition) is 1. The summed E-state index contributed by atoms with van der Waals surface area (Å²) in [6, 6.07) is 11.3. The average Bonchev–Trinajstić information content (AvgIpc) is 2.45. The molecule has 20 heavy (non-hydrogen) atoms. The summed E-state index contributed by atoms with van der Waals surface area (Å²) in [4.78, 5) is 9.97. The summed E-state index contributed by atoms with van der Waals surface area (Å²) in [5.41, 5.74) is 0.0985. The maximum absolute atomic E-state index is 13.4. The lowest BCUT2D eigenvalue weighted by Crippen LogP contribution is -2.11. The average molecular weight is 277 g/mol. The van der Waals surface area contributed by atoms with E-state index in [-0.39, 0.29) is 17.9 Å². The molecular formula is C14H12FNO4. The van der Waals surface area contributed by atoms with Crippen LogP contribution in [0.3, 0.4) is 0 Å². The van der Waals surface area contributed by atoms with E-state index in [1.807, 2.05) is 0 Å². The van der Waals surface area contributed by atoms with Gasteiger partial charge in [0.05, 0.1) is 4.92 Å². The first kappa shape index (κ1) is 14.0. The number of aliphatic hydroxyl groups excluding tert-OH is 1. The second-order valence-electron chi connectivity index (χ2n) is 4.10. The van der Waals surface area contributed by atoms with Crippen LogP contribution in [0, 0.1) is 15.9 Å². The van der Waals surface area contributed by atoms with Gasteiger partial charge < -0.3 is 9.84 Å². The molecule has 0 aliphatic rings. The quantitative estimate of drug-likeness (QED) is 0.673. The molecule has 0 saturated carbocycles. The molecule has 0 amide bonds. The molecule has 6 heteroatoms. The van der Waals surface area contributed by atoms with Gasteiger partial charge in [0.2, 0.25) is 0 Å². The Balaban J connectivity index is 1.98. The summed E-state index contributed by atoms with van der Waals surface area (Å²) in [5.74, 6) is -0.140. The van der Waals surface area contributed by atoms with E-state index in [4.69, 9.17) is 4.74 Å². The van der Waals surface area contributed by atoms with Crippen molar-refractivity contribution in [3.8, 4) is 5.75 Å². The summed E-state index contributed by atoms with van der Waals surface area (Å²) in [7, 11) is 0. The van der Waals surface area contributed by atoms with E-state index in [1.54, 1.807) is 6.07 Å². The number of aliphatic hydroxyl groups is 1. The first-order valence-electron chi connectivity index (χ1n) is 5.87. The number of rotatable bonds is 5. The van der Waals surface area contributed by atoms with Crippen molar-refractivity contribution in [3.63, 3.8) is 0 Å². The van der Waals surface area contributed by atoms with Crippen molar-refractivity contribution < 1.29 is 19.2 Å². The molecule has 1 N–H and O–H groups in total. The van der Waals surface area contributed by atoms with Crippen LogP contribution < -0.4 is 4.74 Å². The summed E-state index contributed by atoms with van der Waals surface area (Å²) in [6.45, 7) is -0.140. The standard InChI is InChI=1S/C14H12FNO4/c15-13-4-2-1-3-12(13)14(17)9-20-11-7-5-10(6-8-11)16(18)19/h1-8,14,17H,9H2. The largest absolute Gasteiger partial charge is 0.491 e. The Morgan fingerprint density at radius 2 is 1.85 bits per heavy atom. The van der Waals surface area contributed by atoms with Gasteiger partial charge in [0.15, 0.2) is 0 Å². The molecule has 0 spiro atoms. The molecule has 2 aromatic rings. The second kappa shape index (κ2) is 6.12. The molecule has 0 radical (unpaired) electrons. The number of nitro groups is 1. The van der Waals surface area contributed by atoms with Gasteiger partial charge in [0.1, 0.15) is 24.3 Å². The van der Waals surface area contributed by atoms with E-state index < -0.39 is 16.8 Å². The molecule has 2 rings (SSSR count). The van der Waals surface area contributed by atoms with Crippen LogP contribution in [0.15, 0.2) is 48.5 Å². The fourth-order valence-electron chi connectivity index (χ4n) is 1.67. The van der Waals surface area contributed by atoms with Crippen LogP contribution in [0.5, 0.6) is 5.75 Å². The van der Waals surface area contributed by atoms with Crippen LogP contribution in [0.4, 0.5) is 10.1 Å². The van der Waals surface area contributed by atoms with Gasteiger partial charge in [-0.15, -0.1) is 0 Å². The van der Waals surface area contributed by atoms with Crippen molar-refractivity contribution in [1.29, 1.82) is 0 Å². The number of nitrogens with zero attached hydrogens (tertiary/aromatic N) is 1. The number of halogens is 1. The van der Waals surface area contributed by atoms with Crippen LogP contribution >= 0.6 is 0 Å². The smallest absolute Gasteiger partial charge is 0.269 e. The van der Waals surface area contributed by atoms with Crippen LogP contribution in [0.2, 0.25) is 0 Å². The molecule has 5 nitrogen and oxygen atoms in total. The van der Waals surface area contributed by atoms with Gasteiger partial charge in [-0.05, 0) is 18.2 Å². The molecule has 0 aliphatic carbocycles. The van der Waals surface area contributed by atoms with Crippen LogP contribution in [0.1, 0.15) is 11.7 Å². The van der Waals surface area contributed by atoms with Gasteiger partial charge >= 0.3 is 0 Å². The molecular weight excluding hydrogens is 265 g/mol. The minimum absolute atomic E-state index is 0.0491. The summed E-state index contributed by atoms with van der Waals surface area (Å²) in [6.07, 6.45) is -1.11. The maximum atomic E-state index is 13.4. The first-order chi connectivity index (χ1) is 9.58. The van der Waals surface area contributed by atoms with Crippen LogP contribution in [-0.4, -0.2) is 16.6 Å². The fourth-order valence-corrected chi connectivity index (χ4v) is 1.67. The number of benzene rings is 2. The molecule has 1 unspecified atom stereocenters. The Hall–Kier alpha value is -2.47. The highest BCUT2D eigenvalue weighted by molar-refractivity contribution is 5.36. The van der Waals surface area contributed by atoms with Gasteiger partial charge in [-0.3, -0.25) is 10.1 Å². The third-order valence-corrected chi connectivity index (χ3v) is 2.72. The molecule has 0 heterocycles. The minimum Gasteiger partial charge on any atom is -0.491 e. The topological polar surface area (TPSA) is 72.6 Å². The number of nitro benzene ring substituents is 1. The Bertz CT molecular complexity index is 600. The van der Waals surface area contributed by atoms with Gasteiger partial charge in [0.25, 0.3) is 5.69 Å². The summed E-state index contributed by atoms with van der Waals surface area (Å²) >= 11 is 0. The van der Waals surface area contributed by atoms with Crippen molar-refractivity contribution in [2.45, 2.75) is 6.10 Å². The zero-order chi connectivity index (χ0) is 14.5. The zero-order valence-corrected chi connectivity index (χ0v) is 10.4. The predicted molar refractivity (Wildman–Crippen MR) is 70.0 cm³/mol. The number of non-ortho nitro benzene ring substituents is 1.